The van der Waals surface area contributed by atoms with Crippen LogP contribution in [-0.4, -0.2) is 54.9 Å². The zero-order valence-electron chi connectivity index (χ0n) is 18.7. The molecule has 3 N–H and O–H groups in total. The van der Waals surface area contributed by atoms with Crippen molar-refractivity contribution >= 4 is 8.32 Å². The molecule has 1 fully saturated rings. The summed E-state index contributed by atoms with van der Waals surface area (Å²) < 4.78 is 14.3. The van der Waals surface area contributed by atoms with E-state index in [1.165, 1.54) is 10.8 Å². The third-order valence-electron chi connectivity index (χ3n) is 6.19. The summed E-state index contributed by atoms with van der Waals surface area (Å²) in [6.07, 6.45) is 0.854. The summed E-state index contributed by atoms with van der Waals surface area (Å²) in [5.74, 6) is 0. The fourth-order valence-electron chi connectivity index (χ4n) is 4.73. The molecule has 1 aliphatic rings. The second-order valence-electron chi connectivity index (χ2n) is 9.13. The maximum atomic E-state index is 12.3. The van der Waals surface area contributed by atoms with Gasteiger partial charge in [-0.25, -0.2) is 4.79 Å². The molecular weight excluding hydrogens is 390 g/mol. The van der Waals surface area contributed by atoms with Gasteiger partial charge in [-0.3, -0.25) is 14.3 Å². The van der Waals surface area contributed by atoms with Gasteiger partial charge >= 0.3 is 5.69 Å². The summed E-state index contributed by atoms with van der Waals surface area (Å²) in [6.45, 7) is 15.8. The maximum Gasteiger partial charge on any atom is 0.330 e. The number of aromatic amines is 1. The van der Waals surface area contributed by atoms with E-state index in [-0.39, 0.29) is 13.2 Å². The molecule has 8 nitrogen and oxygen atoms in total. The normalized spacial score (nSPS) is 23.3. The van der Waals surface area contributed by atoms with Gasteiger partial charge in [-0.1, -0.05) is 41.5 Å². The molecule has 0 saturated carbocycles. The Kier molecular flexibility index (Phi) is 7.67. The zero-order chi connectivity index (χ0) is 22.0. The second-order valence-corrected chi connectivity index (χ2v) is 14.6. The lowest BCUT2D eigenvalue weighted by atomic mass is 10.1. The molecule has 9 heteroatoms. The third kappa shape index (κ3) is 4.74. The van der Waals surface area contributed by atoms with Gasteiger partial charge in [0.25, 0.3) is 5.56 Å². The SMILES string of the molecule is Cc1cn([C@H]2CNC[C@](CO)(CO[Si](C(C)C)(C(C)C)C(C)C)O2)c(=O)[nH]c1=O. The Morgan fingerprint density at radius 2 is 1.83 bits per heavy atom. The van der Waals surface area contributed by atoms with Crippen molar-refractivity contribution in [1.82, 2.24) is 14.9 Å². The van der Waals surface area contributed by atoms with Crippen LogP contribution in [-0.2, 0) is 9.16 Å². The van der Waals surface area contributed by atoms with E-state index >= 15 is 0 Å². The Morgan fingerprint density at radius 3 is 2.34 bits per heavy atom. The van der Waals surface area contributed by atoms with Gasteiger partial charge in [-0.15, -0.1) is 0 Å². The average Bonchev–Trinajstić information content (AvgIpc) is 2.64. The number of nitrogens with one attached hydrogen (secondary N) is 2. The van der Waals surface area contributed by atoms with Crippen LogP contribution in [0.25, 0.3) is 0 Å². The number of rotatable bonds is 8. The van der Waals surface area contributed by atoms with Crippen LogP contribution in [0.3, 0.4) is 0 Å². The summed E-state index contributed by atoms with van der Waals surface area (Å²) in [5, 5.41) is 13.5. The topological polar surface area (TPSA) is 106 Å². The minimum Gasteiger partial charge on any atom is -0.413 e. The van der Waals surface area contributed by atoms with Crippen LogP contribution in [0.5, 0.6) is 0 Å². The van der Waals surface area contributed by atoms with Crippen molar-refractivity contribution in [2.45, 2.75) is 76.9 Å². The van der Waals surface area contributed by atoms with E-state index in [9.17, 15) is 14.7 Å². The van der Waals surface area contributed by atoms with E-state index in [0.717, 1.165) is 0 Å². The Labute approximate surface area is 173 Å². The maximum absolute atomic E-state index is 12.3. The number of aliphatic hydroxyl groups excluding tert-OH is 1. The Bertz CT molecular complexity index is 782. The van der Waals surface area contributed by atoms with Crippen molar-refractivity contribution in [2.75, 3.05) is 26.3 Å². The first-order chi connectivity index (χ1) is 13.5. The summed E-state index contributed by atoms with van der Waals surface area (Å²) >= 11 is 0. The molecule has 166 valence electrons. The van der Waals surface area contributed by atoms with E-state index < -0.39 is 31.4 Å². The van der Waals surface area contributed by atoms with Crippen molar-refractivity contribution in [3.63, 3.8) is 0 Å². The van der Waals surface area contributed by atoms with E-state index in [1.807, 2.05) is 0 Å². The third-order valence-corrected chi connectivity index (χ3v) is 12.2. The molecule has 1 aliphatic heterocycles. The molecule has 0 aromatic carbocycles. The van der Waals surface area contributed by atoms with Gasteiger partial charge in [0.15, 0.2) is 14.5 Å². The smallest absolute Gasteiger partial charge is 0.330 e. The molecule has 1 aromatic heterocycles. The largest absolute Gasteiger partial charge is 0.413 e. The molecule has 0 unspecified atom stereocenters. The molecule has 2 heterocycles. The van der Waals surface area contributed by atoms with Crippen LogP contribution in [0.1, 0.15) is 53.3 Å². The van der Waals surface area contributed by atoms with E-state index in [4.69, 9.17) is 9.16 Å². The number of hydrogen-bond donors (Lipinski definition) is 3. The van der Waals surface area contributed by atoms with Crippen molar-refractivity contribution in [3.05, 3.63) is 32.6 Å². The highest BCUT2D eigenvalue weighted by molar-refractivity contribution is 6.77. The molecule has 0 bridgehead atoms. The molecule has 0 radical (unpaired) electrons. The number of H-pyrrole nitrogens is 1. The van der Waals surface area contributed by atoms with Crippen molar-refractivity contribution in [3.8, 4) is 0 Å². The second kappa shape index (κ2) is 9.26. The van der Waals surface area contributed by atoms with Crippen LogP contribution >= 0.6 is 0 Å². The van der Waals surface area contributed by atoms with Gasteiger partial charge in [0, 0.05) is 24.8 Å². The van der Waals surface area contributed by atoms with Crippen LogP contribution in [0.2, 0.25) is 16.6 Å². The molecular formula is C20H37N3O5Si. The summed E-state index contributed by atoms with van der Waals surface area (Å²) in [4.78, 5) is 26.3. The molecule has 1 aromatic rings. The fourth-order valence-corrected chi connectivity index (χ4v) is 10.2. The number of aryl methyl sites for hydroxylation is 1. The van der Waals surface area contributed by atoms with Gasteiger partial charge in [-0.2, -0.15) is 0 Å². The highest BCUT2D eigenvalue weighted by Crippen LogP contribution is 2.43. The van der Waals surface area contributed by atoms with Crippen LogP contribution in [0, 0.1) is 6.92 Å². The standard InChI is InChI=1S/C20H37N3O5Si/c1-13(2)29(14(3)4,15(5)6)27-12-20(11-24)10-21-8-17(28-20)23-9-16(7)18(25)22-19(23)26/h9,13-15,17,21,24H,8,10-12H2,1-7H3,(H,22,25,26)/t17-,20+/m1/s1. The van der Waals surface area contributed by atoms with Crippen LogP contribution < -0.4 is 16.6 Å². The van der Waals surface area contributed by atoms with E-state index in [1.54, 1.807) is 6.92 Å². The predicted molar refractivity (Wildman–Crippen MR) is 116 cm³/mol. The van der Waals surface area contributed by atoms with Crippen molar-refractivity contribution < 1.29 is 14.3 Å². The zero-order valence-corrected chi connectivity index (χ0v) is 19.7. The minimum absolute atomic E-state index is 0.230. The van der Waals surface area contributed by atoms with Gasteiger partial charge in [-0.05, 0) is 23.5 Å². The van der Waals surface area contributed by atoms with Gasteiger partial charge in [0.05, 0.1) is 13.2 Å². The predicted octanol–water partition coefficient (Wildman–Crippen LogP) is 1.89. The van der Waals surface area contributed by atoms with Gasteiger partial charge in [0.1, 0.15) is 5.60 Å². The molecule has 1 saturated heterocycles. The van der Waals surface area contributed by atoms with Crippen molar-refractivity contribution in [1.29, 1.82) is 0 Å². The van der Waals surface area contributed by atoms with E-state index in [0.29, 0.717) is 35.3 Å². The molecule has 2 atom stereocenters. The van der Waals surface area contributed by atoms with Crippen LogP contribution in [0.15, 0.2) is 15.8 Å². The number of aliphatic hydroxyl groups is 1. The molecule has 0 spiro atoms. The summed E-state index contributed by atoms with van der Waals surface area (Å²) in [5.41, 5.74) is -0.232. The van der Waals surface area contributed by atoms with Crippen LogP contribution in [0.4, 0.5) is 0 Å². The lowest BCUT2D eigenvalue weighted by Gasteiger charge is -2.47. The lowest BCUT2D eigenvalue weighted by Crippen LogP contribution is -2.60. The first-order valence-corrected chi connectivity index (χ1v) is 12.6. The Balaban J connectivity index is 2.30. The minimum atomic E-state index is -2.14. The fraction of sp³-hybridized carbons (Fsp3) is 0.800. The van der Waals surface area contributed by atoms with E-state index in [2.05, 4.69) is 51.8 Å². The lowest BCUT2D eigenvalue weighted by molar-refractivity contribution is -0.182. The quantitative estimate of drug-likeness (QED) is 0.547. The Morgan fingerprint density at radius 1 is 1.24 bits per heavy atom. The number of ether oxygens (including phenoxy) is 1. The molecule has 0 aliphatic carbocycles. The molecule has 2 rings (SSSR count). The number of morpholine rings is 1. The monoisotopic (exact) mass is 427 g/mol. The number of hydrogen-bond acceptors (Lipinski definition) is 6. The molecule has 0 amide bonds. The molecule has 29 heavy (non-hydrogen) atoms. The van der Waals surface area contributed by atoms with Gasteiger partial charge in [0.2, 0.25) is 0 Å². The Hall–Kier alpha value is -1.26. The van der Waals surface area contributed by atoms with Gasteiger partial charge < -0.3 is 19.6 Å². The number of nitrogens with zero attached hydrogens (tertiary/aromatic N) is 1. The summed E-state index contributed by atoms with van der Waals surface area (Å²) in [7, 11) is -2.14. The first kappa shape index (κ1) is 24.0. The average molecular weight is 428 g/mol. The van der Waals surface area contributed by atoms with Crippen molar-refractivity contribution in [2.24, 2.45) is 0 Å². The highest BCUT2D eigenvalue weighted by atomic mass is 28.4. The highest BCUT2D eigenvalue weighted by Gasteiger charge is 2.48. The number of aromatic nitrogens is 2. The first-order valence-electron chi connectivity index (χ1n) is 10.4. The summed E-state index contributed by atoms with van der Waals surface area (Å²) in [6, 6.07) is 0.